The van der Waals surface area contributed by atoms with Gasteiger partial charge in [0.25, 0.3) is 0 Å². The van der Waals surface area contributed by atoms with E-state index >= 15 is 0 Å². The van der Waals surface area contributed by atoms with Crippen LogP contribution in [0.2, 0.25) is 0 Å². The van der Waals surface area contributed by atoms with Crippen molar-refractivity contribution in [2.75, 3.05) is 6.61 Å². The number of rotatable bonds is 9. The molecular formula is C28H48O. The minimum Gasteiger partial charge on any atom is -0.489 e. The molecule has 0 unspecified atom stereocenters. The molecule has 0 aliphatic heterocycles. The quantitative estimate of drug-likeness (QED) is 0.296. The minimum absolute atomic E-state index is 0.603. The van der Waals surface area contributed by atoms with Crippen LogP contribution in [0.4, 0.5) is 0 Å². The standard InChI is InChI=1S/C21H32O.C4H8.C3H8/c1-7-9-19(10-8-2)20-11-12-21(18(6)15-20)22-14-13-17(5)16(3)4;1-3-4-2;1-3-2/h11-13,15,19H,3,7-10,14H2,1-2,4-6H3;3-4H,1-2H3;3H2,1-2H3/b17-13-;4-3-;. The smallest absolute Gasteiger partial charge is 0.122 e. The Labute approximate surface area is 183 Å². The zero-order valence-corrected chi connectivity index (χ0v) is 20.9. The zero-order chi connectivity index (χ0) is 22.7. The minimum atomic E-state index is 0.603. The molecule has 0 N–H and O–H groups in total. The Morgan fingerprint density at radius 2 is 1.52 bits per heavy atom. The monoisotopic (exact) mass is 400 g/mol. The third kappa shape index (κ3) is 14.8. The Hall–Kier alpha value is -1.76. The van der Waals surface area contributed by atoms with Gasteiger partial charge in [0, 0.05) is 0 Å². The molecule has 0 fully saturated rings. The third-order valence-electron chi connectivity index (χ3n) is 4.58. The molecule has 0 atom stereocenters. The molecule has 0 amide bonds. The van der Waals surface area contributed by atoms with E-state index in [1.165, 1.54) is 48.8 Å². The van der Waals surface area contributed by atoms with Crippen molar-refractivity contribution < 1.29 is 4.74 Å². The number of hydrogen-bond donors (Lipinski definition) is 0. The second-order valence-corrected chi connectivity index (χ2v) is 7.65. The van der Waals surface area contributed by atoms with Crippen molar-refractivity contribution in [2.24, 2.45) is 0 Å². The first-order valence-corrected chi connectivity index (χ1v) is 11.5. The van der Waals surface area contributed by atoms with Crippen molar-refractivity contribution in [1.82, 2.24) is 0 Å². The summed E-state index contributed by atoms with van der Waals surface area (Å²) in [5.74, 6) is 1.68. The van der Waals surface area contributed by atoms with Crippen LogP contribution < -0.4 is 4.74 Å². The first kappa shape index (κ1) is 29.4. The molecule has 0 bridgehead atoms. The van der Waals surface area contributed by atoms with Gasteiger partial charge in [0.1, 0.15) is 12.4 Å². The normalized spacial score (nSPS) is 10.9. The zero-order valence-electron chi connectivity index (χ0n) is 20.9. The van der Waals surface area contributed by atoms with Crippen LogP contribution in [0.3, 0.4) is 0 Å². The maximum atomic E-state index is 5.89. The van der Waals surface area contributed by atoms with E-state index in [0.29, 0.717) is 12.5 Å². The van der Waals surface area contributed by atoms with Crippen LogP contribution in [0.5, 0.6) is 5.75 Å². The van der Waals surface area contributed by atoms with Crippen LogP contribution in [-0.4, -0.2) is 6.61 Å². The van der Waals surface area contributed by atoms with E-state index in [-0.39, 0.29) is 0 Å². The maximum Gasteiger partial charge on any atom is 0.122 e. The topological polar surface area (TPSA) is 9.23 Å². The summed E-state index contributed by atoms with van der Waals surface area (Å²) in [7, 11) is 0. The highest BCUT2D eigenvalue weighted by Gasteiger charge is 2.11. The van der Waals surface area contributed by atoms with Crippen molar-refractivity contribution in [2.45, 2.75) is 100 Å². The molecule has 0 aliphatic rings. The first-order valence-electron chi connectivity index (χ1n) is 11.5. The second kappa shape index (κ2) is 19.6. The van der Waals surface area contributed by atoms with Crippen molar-refractivity contribution >= 4 is 0 Å². The summed E-state index contributed by atoms with van der Waals surface area (Å²) in [6, 6.07) is 6.68. The summed E-state index contributed by atoms with van der Waals surface area (Å²) >= 11 is 0. The van der Waals surface area contributed by atoms with Gasteiger partial charge < -0.3 is 4.74 Å². The van der Waals surface area contributed by atoms with Gasteiger partial charge in [-0.25, -0.2) is 0 Å². The average molecular weight is 401 g/mol. The second-order valence-electron chi connectivity index (χ2n) is 7.65. The van der Waals surface area contributed by atoms with Crippen LogP contribution in [0.15, 0.2) is 54.2 Å². The molecule has 0 aromatic heterocycles. The molecule has 0 heterocycles. The number of benzene rings is 1. The molecule has 1 aromatic rings. The fraction of sp³-hybridized carbons (Fsp3) is 0.571. The van der Waals surface area contributed by atoms with E-state index in [1.54, 1.807) is 0 Å². The van der Waals surface area contributed by atoms with Crippen LogP contribution in [-0.2, 0) is 0 Å². The summed E-state index contributed by atoms with van der Waals surface area (Å²) in [5.41, 5.74) is 4.98. The molecular weight excluding hydrogens is 352 g/mol. The Morgan fingerprint density at radius 3 is 1.90 bits per heavy atom. The largest absolute Gasteiger partial charge is 0.489 e. The van der Waals surface area contributed by atoms with Crippen LogP contribution >= 0.6 is 0 Å². The van der Waals surface area contributed by atoms with E-state index in [0.717, 1.165) is 11.3 Å². The van der Waals surface area contributed by atoms with E-state index in [1.807, 2.05) is 32.9 Å². The number of allylic oxidation sites excluding steroid dienone is 4. The average Bonchev–Trinajstić information content (AvgIpc) is 2.69. The van der Waals surface area contributed by atoms with E-state index in [9.17, 15) is 0 Å². The molecule has 1 heteroatoms. The summed E-state index contributed by atoms with van der Waals surface area (Å²) < 4.78 is 5.89. The van der Waals surface area contributed by atoms with E-state index < -0.39 is 0 Å². The Bertz CT molecular complexity index is 582. The Balaban J connectivity index is 0. The highest BCUT2D eigenvalue weighted by Crippen LogP contribution is 2.30. The molecule has 1 rings (SSSR count). The number of hydrogen-bond acceptors (Lipinski definition) is 1. The lowest BCUT2D eigenvalue weighted by Gasteiger charge is -2.17. The molecule has 0 spiro atoms. The molecule has 0 radical (unpaired) electrons. The Kier molecular flexibility index (Phi) is 19.8. The van der Waals surface area contributed by atoms with Crippen LogP contribution in [0.25, 0.3) is 0 Å². The van der Waals surface area contributed by atoms with Crippen molar-refractivity contribution in [1.29, 1.82) is 0 Å². The van der Waals surface area contributed by atoms with E-state index in [4.69, 9.17) is 4.74 Å². The predicted octanol–water partition coefficient (Wildman–Crippen LogP) is 9.58. The molecule has 166 valence electrons. The molecule has 0 saturated carbocycles. The lowest BCUT2D eigenvalue weighted by Crippen LogP contribution is -2.01. The van der Waals surface area contributed by atoms with Crippen molar-refractivity contribution in [3.05, 3.63) is 65.3 Å². The van der Waals surface area contributed by atoms with Gasteiger partial charge in [0.15, 0.2) is 0 Å². The number of aryl methyl sites for hydroxylation is 1. The van der Waals surface area contributed by atoms with Crippen LogP contribution in [0.1, 0.15) is 105 Å². The lowest BCUT2D eigenvalue weighted by atomic mass is 9.89. The molecule has 1 nitrogen and oxygen atoms in total. The van der Waals surface area contributed by atoms with Gasteiger partial charge >= 0.3 is 0 Å². The van der Waals surface area contributed by atoms with Gasteiger partial charge in [-0.3, -0.25) is 0 Å². The molecule has 0 aliphatic carbocycles. The summed E-state index contributed by atoms with van der Waals surface area (Å²) in [4.78, 5) is 0. The fourth-order valence-corrected chi connectivity index (χ4v) is 2.69. The number of ether oxygens (including phenoxy) is 1. The summed E-state index contributed by atoms with van der Waals surface area (Å²) in [5, 5.41) is 0. The molecule has 1 aromatic carbocycles. The van der Waals surface area contributed by atoms with Gasteiger partial charge in [-0.1, -0.05) is 83.4 Å². The summed E-state index contributed by atoms with van der Waals surface area (Å²) in [6.07, 6.45) is 12.4. The molecule has 29 heavy (non-hydrogen) atoms. The highest BCUT2D eigenvalue weighted by atomic mass is 16.5. The predicted molar refractivity (Wildman–Crippen MR) is 134 cm³/mol. The highest BCUT2D eigenvalue weighted by molar-refractivity contribution is 5.38. The van der Waals surface area contributed by atoms with Crippen molar-refractivity contribution in [3.63, 3.8) is 0 Å². The lowest BCUT2D eigenvalue weighted by molar-refractivity contribution is 0.359. The van der Waals surface area contributed by atoms with E-state index in [2.05, 4.69) is 72.4 Å². The van der Waals surface area contributed by atoms with Crippen molar-refractivity contribution in [3.8, 4) is 5.75 Å². The fourth-order valence-electron chi connectivity index (χ4n) is 2.69. The molecule has 0 saturated heterocycles. The van der Waals surface area contributed by atoms with Crippen LogP contribution in [0, 0.1) is 6.92 Å². The van der Waals surface area contributed by atoms with Gasteiger partial charge in [-0.05, 0) is 82.2 Å². The van der Waals surface area contributed by atoms with Gasteiger partial charge in [-0.15, -0.1) is 0 Å². The first-order chi connectivity index (χ1) is 13.8. The third-order valence-corrected chi connectivity index (χ3v) is 4.58. The van der Waals surface area contributed by atoms with Gasteiger partial charge in [-0.2, -0.15) is 0 Å². The summed E-state index contributed by atoms with van der Waals surface area (Å²) in [6.45, 7) is 23.6. The SMILES string of the molecule is C/C=C\C.C=C(C)/C(C)=C\COc1ccc(C(CCC)CCC)cc1C.CCC. The van der Waals surface area contributed by atoms with Gasteiger partial charge in [0.05, 0.1) is 0 Å². The Morgan fingerprint density at radius 1 is 1.00 bits per heavy atom. The maximum absolute atomic E-state index is 5.89. The van der Waals surface area contributed by atoms with Gasteiger partial charge in [0.2, 0.25) is 0 Å².